The molecule has 0 saturated carbocycles. The van der Waals surface area contributed by atoms with E-state index in [1.54, 1.807) is 26.1 Å². The molecule has 33 heavy (non-hydrogen) atoms. The van der Waals surface area contributed by atoms with Gasteiger partial charge in [-0.15, -0.1) is 24.0 Å². The van der Waals surface area contributed by atoms with Crippen LogP contribution < -0.4 is 15.4 Å². The van der Waals surface area contributed by atoms with Gasteiger partial charge < -0.3 is 29.7 Å². The van der Waals surface area contributed by atoms with Crippen molar-refractivity contribution in [3.05, 3.63) is 29.8 Å². The van der Waals surface area contributed by atoms with Crippen molar-refractivity contribution in [3.63, 3.8) is 0 Å². The van der Waals surface area contributed by atoms with Crippen LogP contribution in [0.3, 0.4) is 0 Å². The highest BCUT2D eigenvalue weighted by atomic mass is 127. The molecule has 0 spiro atoms. The number of hydrogen-bond donors (Lipinski definition) is 2. The van der Waals surface area contributed by atoms with E-state index in [0.717, 1.165) is 38.5 Å². The van der Waals surface area contributed by atoms with Crippen molar-refractivity contribution in [3.8, 4) is 5.75 Å². The van der Waals surface area contributed by atoms with E-state index in [-0.39, 0.29) is 42.5 Å². The molecule has 0 aromatic heterocycles. The highest BCUT2D eigenvalue weighted by Crippen LogP contribution is 2.23. The Hall–Kier alpha value is -1.63. The van der Waals surface area contributed by atoms with E-state index in [0.29, 0.717) is 32.3 Å². The first-order valence-corrected chi connectivity index (χ1v) is 11.3. The fraction of sp³-hybridized carbons (Fsp3) is 0.652. The first-order valence-electron chi connectivity index (χ1n) is 11.3. The zero-order chi connectivity index (χ0) is 23.2. The number of halogens is 1. The fourth-order valence-corrected chi connectivity index (χ4v) is 3.35. The Labute approximate surface area is 215 Å². The van der Waals surface area contributed by atoms with Gasteiger partial charge in [0, 0.05) is 53.5 Å². The normalized spacial score (nSPS) is 15.3. The number of guanidine groups is 1. The minimum Gasteiger partial charge on any atom is -0.497 e. The molecule has 1 saturated heterocycles. The van der Waals surface area contributed by atoms with Crippen molar-refractivity contribution < 1.29 is 19.0 Å². The molecule has 1 aliphatic heterocycles. The summed E-state index contributed by atoms with van der Waals surface area (Å²) in [5.74, 6) is 1.42. The van der Waals surface area contributed by atoms with Gasteiger partial charge in [-0.1, -0.05) is 12.1 Å². The molecule has 1 fully saturated rings. The summed E-state index contributed by atoms with van der Waals surface area (Å²) >= 11 is 0. The van der Waals surface area contributed by atoms with Crippen LogP contribution in [0.1, 0.15) is 24.9 Å². The zero-order valence-corrected chi connectivity index (χ0v) is 22.7. The SMILES string of the molecule is CCOCCCNC(=NCC(=O)N(C)C)NCC(c1ccc(OC)cc1)N1CCOCC1.I. The molecule has 1 aromatic rings. The highest BCUT2D eigenvalue weighted by Gasteiger charge is 2.23. The van der Waals surface area contributed by atoms with Crippen molar-refractivity contribution in [2.24, 2.45) is 4.99 Å². The Bertz CT molecular complexity index is 697. The Morgan fingerprint density at radius 1 is 1.21 bits per heavy atom. The number of nitrogens with one attached hydrogen (secondary N) is 2. The van der Waals surface area contributed by atoms with E-state index in [1.807, 2.05) is 19.1 Å². The van der Waals surface area contributed by atoms with Gasteiger partial charge in [0.1, 0.15) is 12.3 Å². The maximum Gasteiger partial charge on any atom is 0.243 e. The van der Waals surface area contributed by atoms with Crippen LogP contribution in [0.5, 0.6) is 5.75 Å². The second kappa shape index (κ2) is 16.9. The van der Waals surface area contributed by atoms with Crippen molar-refractivity contribution in [2.75, 3.05) is 80.4 Å². The number of methoxy groups -OCH3 is 1. The Kier molecular flexibility index (Phi) is 15.1. The summed E-state index contributed by atoms with van der Waals surface area (Å²) in [7, 11) is 5.14. The fourth-order valence-electron chi connectivity index (χ4n) is 3.35. The van der Waals surface area contributed by atoms with Crippen molar-refractivity contribution in [1.82, 2.24) is 20.4 Å². The van der Waals surface area contributed by atoms with E-state index >= 15 is 0 Å². The molecule has 10 heteroatoms. The number of aliphatic imine (C=N–C) groups is 1. The number of amides is 1. The van der Waals surface area contributed by atoms with Gasteiger partial charge in [0.25, 0.3) is 0 Å². The summed E-state index contributed by atoms with van der Waals surface area (Å²) in [6.07, 6.45) is 0.863. The van der Waals surface area contributed by atoms with E-state index in [9.17, 15) is 4.79 Å². The maximum atomic E-state index is 12.0. The van der Waals surface area contributed by atoms with Crippen LogP contribution in [0.2, 0.25) is 0 Å². The Morgan fingerprint density at radius 3 is 2.52 bits per heavy atom. The molecule has 0 aliphatic carbocycles. The van der Waals surface area contributed by atoms with Gasteiger partial charge in [0.15, 0.2) is 5.96 Å². The molecule has 1 aromatic carbocycles. The molecular formula is C23H40IN5O4. The molecule has 1 aliphatic rings. The first kappa shape index (κ1) is 29.4. The number of carbonyl (C=O) groups excluding carboxylic acids is 1. The van der Waals surface area contributed by atoms with Gasteiger partial charge in [-0.2, -0.15) is 0 Å². The smallest absolute Gasteiger partial charge is 0.243 e. The largest absolute Gasteiger partial charge is 0.497 e. The predicted molar refractivity (Wildman–Crippen MR) is 142 cm³/mol. The van der Waals surface area contributed by atoms with Crippen LogP contribution in [-0.2, 0) is 14.3 Å². The molecule has 1 atom stereocenters. The van der Waals surface area contributed by atoms with Crippen molar-refractivity contribution in [2.45, 2.75) is 19.4 Å². The third kappa shape index (κ3) is 10.9. The molecule has 9 nitrogen and oxygen atoms in total. The summed E-state index contributed by atoms with van der Waals surface area (Å²) in [5, 5.41) is 6.77. The molecule has 0 bridgehead atoms. The molecule has 0 radical (unpaired) electrons. The average Bonchev–Trinajstić information content (AvgIpc) is 2.82. The molecular weight excluding hydrogens is 537 g/mol. The number of ether oxygens (including phenoxy) is 3. The molecule has 1 amide bonds. The summed E-state index contributed by atoms with van der Waals surface area (Å²) in [6, 6.07) is 8.31. The van der Waals surface area contributed by atoms with Crippen LogP contribution >= 0.6 is 24.0 Å². The van der Waals surface area contributed by atoms with Crippen LogP contribution in [0.25, 0.3) is 0 Å². The molecule has 2 N–H and O–H groups in total. The molecule has 1 unspecified atom stereocenters. The summed E-state index contributed by atoms with van der Waals surface area (Å²) in [5.41, 5.74) is 1.19. The first-order chi connectivity index (χ1) is 15.5. The topological polar surface area (TPSA) is 87.7 Å². The lowest BCUT2D eigenvalue weighted by molar-refractivity contribution is -0.127. The number of rotatable bonds is 12. The van der Waals surface area contributed by atoms with E-state index < -0.39 is 0 Å². The second-order valence-corrected chi connectivity index (χ2v) is 7.75. The third-order valence-electron chi connectivity index (χ3n) is 5.28. The molecule has 188 valence electrons. The quantitative estimate of drug-likeness (QED) is 0.170. The van der Waals surface area contributed by atoms with Gasteiger partial charge in [-0.25, -0.2) is 4.99 Å². The summed E-state index contributed by atoms with van der Waals surface area (Å²) in [6.45, 7) is 8.03. The molecule has 2 rings (SSSR count). The van der Waals surface area contributed by atoms with Crippen LogP contribution in [0.15, 0.2) is 29.3 Å². The Morgan fingerprint density at radius 2 is 1.91 bits per heavy atom. The maximum absolute atomic E-state index is 12.0. The van der Waals surface area contributed by atoms with Gasteiger partial charge in [0.2, 0.25) is 5.91 Å². The second-order valence-electron chi connectivity index (χ2n) is 7.75. The lowest BCUT2D eigenvalue weighted by Crippen LogP contribution is -2.46. The van der Waals surface area contributed by atoms with E-state index in [2.05, 4.69) is 32.7 Å². The Balaban J connectivity index is 0.00000544. The van der Waals surface area contributed by atoms with Gasteiger partial charge in [-0.3, -0.25) is 9.69 Å². The lowest BCUT2D eigenvalue weighted by atomic mass is 10.0. The van der Waals surface area contributed by atoms with Gasteiger partial charge in [-0.05, 0) is 31.0 Å². The van der Waals surface area contributed by atoms with Crippen LogP contribution in [-0.4, -0.2) is 102 Å². The highest BCUT2D eigenvalue weighted by molar-refractivity contribution is 14.0. The van der Waals surface area contributed by atoms with Crippen LogP contribution in [0.4, 0.5) is 0 Å². The monoisotopic (exact) mass is 577 g/mol. The molecule has 1 heterocycles. The predicted octanol–water partition coefficient (Wildman–Crippen LogP) is 1.74. The number of nitrogens with zero attached hydrogens (tertiary/aromatic N) is 3. The van der Waals surface area contributed by atoms with Crippen LogP contribution in [0, 0.1) is 0 Å². The number of benzene rings is 1. The van der Waals surface area contributed by atoms with Gasteiger partial charge in [0.05, 0.1) is 26.4 Å². The van der Waals surface area contributed by atoms with E-state index in [4.69, 9.17) is 14.2 Å². The number of carbonyl (C=O) groups is 1. The number of hydrogen-bond acceptors (Lipinski definition) is 6. The number of likely N-dealkylation sites (N-methyl/N-ethyl adjacent to an activating group) is 1. The lowest BCUT2D eigenvalue weighted by Gasteiger charge is -2.35. The standard InChI is InChI=1S/C23H39N5O4.HI/c1-5-31-14-6-11-24-23(26-18-22(29)27(2)3)25-17-21(28-12-15-32-16-13-28)19-7-9-20(30-4)10-8-19;/h7-10,21H,5-6,11-18H2,1-4H3,(H2,24,25,26);1H. The zero-order valence-electron chi connectivity index (χ0n) is 20.3. The third-order valence-corrected chi connectivity index (χ3v) is 5.28. The average molecular weight is 578 g/mol. The van der Waals surface area contributed by atoms with Gasteiger partial charge >= 0.3 is 0 Å². The number of morpholine rings is 1. The summed E-state index contributed by atoms with van der Waals surface area (Å²) in [4.78, 5) is 20.5. The van der Waals surface area contributed by atoms with E-state index in [1.165, 1.54) is 5.56 Å². The minimum atomic E-state index is -0.0414. The minimum absolute atomic E-state index is 0. The van der Waals surface area contributed by atoms with Crippen molar-refractivity contribution in [1.29, 1.82) is 0 Å². The van der Waals surface area contributed by atoms with Crippen molar-refractivity contribution >= 4 is 35.8 Å². The summed E-state index contributed by atoms with van der Waals surface area (Å²) < 4.78 is 16.3.